The second kappa shape index (κ2) is 8.93. The third-order valence-electron chi connectivity index (χ3n) is 4.89. The molecule has 0 spiro atoms. The molecule has 164 valence electrons. The number of hydrogen-bond acceptors (Lipinski definition) is 6. The second-order valence-electron chi connectivity index (χ2n) is 7.02. The number of nitro groups is 2. The van der Waals surface area contributed by atoms with Crippen LogP contribution in [0, 0.1) is 20.2 Å². The van der Waals surface area contributed by atoms with Crippen LogP contribution in [-0.2, 0) is 0 Å². The Bertz CT molecular complexity index is 1410. The molecule has 0 fully saturated rings. The van der Waals surface area contributed by atoms with E-state index in [1.807, 2.05) is 0 Å². The minimum absolute atomic E-state index is 0.123. The molecule has 2 N–H and O–H groups in total. The molecule has 4 aromatic carbocycles. The fourth-order valence-electron chi connectivity index (χ4n) is 3.39. The van der Waals surface area contributed by atoms with E-state index >= 15 is 0 Å². The number of non-ortho nitro benzene ring substituents is 1. The van der Waals surface area contributed by atoms with Crippen molar-refractivity contribution in [3.63, 3.8) is 0 Å². The number of nitrogens with zero attached hydrogens (tertiary/aromatic N) is 2. The molecule has 1 amide bonds. The fraction of sp³-hybridized carbons (Fsp3) is 0. The van der Waals surface area contributed by atoms with Crippen LogP contribution in [0.3, 0.4) is 0 Å². The Morgan fingerprint density at radius 2 is 1.42 bits per heavy atom. The van der Waals surface area contributed by atoms with Gasteiger partial charge in [-0.05, 0) is 48.5 Å². The number of nitrogens with one attached hydrogen (secondary N) is 2. The van der Waals surface area contributed by atoms with Gasteiger partial charge >= 0.3 is 0 Å². The van der Waals surface area contributed by atoms with Gasteiger partial charge in [0.15, 0.2) is 0 Å². The number of nitro benzene ring substituents is 2. The molecule has 0 saturated carbocycles. The van der Waals surface area contributed by atoms with Gasteiger partial charge in [-0.15, -0.1) is 0 Å². The van der Waals surface area contributed by atoms with Crippen molar-refractivity contribution in [3.05, 3.63) is 110 Å². The number of carbonyl (C=O) groups excluding carboxylic acids is 1. The molecular formula is C23H15ClN4O5. The summed E-state index contributed by atoms with van der Waals surface area (Å²) < 4.78 is 0. The van der Waals surface area contributed by atoms with Crippen LogP contribution in [0.25, 0.3) is 10.8 Å². The van der Waals surface area contributed by atoms with Crippen LogP contribution in [0.2, 0.25) is 5.02 Å². The second-order valence-corrected chi connectivity index (χ2v) is 7.45. The van der Waals surface area contributed by atoms with Gasteiger partial charge in [-0.1, -0.05) is 35.9 Å². The van der Waals surface area contributed by atoms with Crippen molar-refractivity contribution in [2.24, 2.45) is 0 Å². The summed E-state index contributed by atoms with van der Waals surface area (Å²) in [5.41, 5.74) is 0.721. The topological polar surface area (TPSA) is 127 Å². The molecule has 0 saturated heterocycles. The minimum atomic E-state index is -0.672. The molecule has 0 aromatic heterocycles. The SMILES string of the molecule is O=C(Nc1cccc(Cl)c1)c1ccc(Nc2c([N+](=O)[O-])cc([N+](=O)[O-])c3ccccc23)cc1. The van der Waals surface area contributed by atoms with Gasteiger partial charge in [0, 0.05) is 27.3 Å². The van der Waals surface area contributed by atoms with E-state index in [1.165, 1.54) is 6.07 Å². The van der Waals surface area contributed by atoms with Crippen LogP contribution < -0.4 is 10.6 Å². The summed E-state index contributed by atoms with van der Waals surface area (Å²) in [4.78, 5) is 34.2. The molecular weight excluding hydrogens is 448 g/mol. The molecule has 0 bridgehead atoms. The van der Waals surface area contributed by atoms with Crippen LogP contribution in [0.4, 0.5) is 28.4 Å². The monoisotopic (exact) mass is 462 g/mol. The Balaban J connectivity index is 1.65. The Kier molecular flexibility index (Phi) is 5.88. The van der Waals surface area contributed by atoms with E-state index in [1.54, 1.807) is 66.7 Å². The molecule has 33 heavy (non-hydrogen) atoms. The summed E-state index contributed by atoms with van der Waals surface area (Å²) in [7, 11) is 0. The lowest BCUT2D eigenvalue weighted by Crippen LogP contribution is -2.11. The van der Waals surface area contributed by atoms with Crippen molar-refractivity contribution in [3.8, 4) is 0 Å². The van der Waals surface area contributed by atoms with Crippen molar-refractivity contribution in [2.45, 2.75) is 0 Å². The van der Waals surface area contributed by atoms with Gasteiger partial charge in [0.1, 0.15) is 5.69 Å². The Morgan fingerprint density at radius 3 is 2.06 bits per heavy atom. The smallest absolute Gasteiger partial charge is 0.300 e. The van der Waals surface area contributed by atoms with E-state index in [-0.39, 0.29) is 22.7 Å². The van der Waals surface area contributed by atoms with Gasteiger partial charge in [0.05, 0.1) is 21.3 Å². The van der Waals surface area contributed by atoms with E-state index in [2.05, 4.69) is 10.6 Å². The molecule has 0 aliphatic rings. The van der Waals surface area contributed by atoms with Crippen LogP contribution in [-0.4, -0.2) is 15.8 Å². The highest BCUT2D eigenvalue weighted by Crippen LogP contribution is 2.40. The first-order valence-corrected chi connectivity index (χ1v) is 10.00. The van der Waals surface area contributed by atoms with Crippen molar-refractivity contribution in [1.82, 2.24) is 0 Å². The van der Waals surface area contributed by atoms with Gasteiger partial charge < -0.3 is 10.6 Å². The molecule has 4 aromatic rings. The molecule has 0 radical (unpaired) electrons. The Hall–Kier alpha value is -4.50. The molecule has 0 heterocycles. The van der Waals surface area contributed by atoms with Crippen molar-refractivity contribution < 1.29 is 14.6 Å². The van der Waals surface area contributed by atoms with E-state index in [4.69, 9.17) is 11.6 Å². The lowest BCUT2D eigenvalue weighted by Gasteiger charge is -2.12. The van der Waals surface area contributed by atoms with E-state index in [9.17, 15) is 25.0 Å². The lowest BCUT2D eigenvalue weighted by molar-refractivity contribution is -0.392. The van der Waals surface area contributed by atoms with Crippen LogP contribution >= 0.6 is 11.6 Å². The van der Waals surface area contributed by atoms with E-state index < -0.39 is 15.5 Å². The van der Waals surface area contributed by atoms with Gasteiger partial charge in [-0.25, -0.2) is 0 Å². The van der Waals surface area contributed by atoms with E-state index in [0.717, 1.165) is 6.07 Å². The molecule has 10 heteroatoms. The van der Waals surface area contributed by atoms with Crippen LogP contribution in [0.15, 0.2) is 78.9 Å². The third kappa shape index (κ3) is 4.58. The highest BCUT2D eigenvalue weighted by molar-refractivity contribution is 6.31. The van der Waals surface area contributed by atoms with Crippen LogP contribution in [0.5, 0.6) is 0 Å². The predicted molar refractivity (Wildman–Crippen MR) is 126 cm³/mol. The largest absolute Gasteiger partial charge is 0.349 e. The fourth-order valence-corrected chi connectivity index (χ4v) is 3.58. The maximum Gasteiger partial charge on any atom is 0.300 e. The molecule has 0 aliphatic heterocycles. The van der Waals surface area contributed by atoms with Gasteiger partial charge in [-0.2, -0.15) is 0 Å². The van der Waals surface area contributed by atoms with Crippen molar-refractivity contribution in [2.75, 3.05) is 10.6 Å². The zero-order valence-corrected chi connectivity index (χ0v) is 17.6. The number of benzene rings is 4. The summed E-state index contributed by atoms with van der Waals surface area (Å²) >= 11 is 5.93. The molecule has 0 unspecified atom stereocenters. The van der Waals surface area contributed by atoms with Crippen molar-refractivity contribution in [1.29, 1.82) is 0 Å². The quantitative estimate of drug-likeness (QED) is 0.255. The standard InChI is InChI=1S/C23H15ClN4O5/c24-15-4-3-5-17(12-15)26-23(29)14-8-10-16(11-9-14)25-22-19-7-2-1-6-18(19)20(27(30)31)13-21(22)28(32)33/h1-13,25H,(H,26,29). The van der Waals surface area contributed by atoms with Crippen LogP contribution in [0.1, 0.15) is 10.4 Å². The first-order chi connectivity index (χ1) is 15.8. The number of halogens is 1. The summed E-state index contributed by atoms with van der Waals surface area (Å²) in [5.74, 6) is -0.351. The molecule has 0 atom stereocenters. The number of carbonyl (C=O) groups is 1. The Labute approximate surface area is 191 Å². The number of rotatable bonds is 6. The zero-order chi connectivity index (χ0) is 23.5. The Morgan fingerprint density at radius 1 is 0.758 bits per heavy atom. The third-order valence-corrected chi connectivity index (χ3v) is 5.13. The minimum Gasteiger partial charge on any atom is -0.349 e. The predicted octanol–water partition coefficient (Wildman–Crippen LogP) is 6.31. The van der Waals surface area contributed by atoms with Gasteiger partial charge in [0.25, 0.3) is 17.3 Å². The molecule has 0 aliphatic carbocycles. The van der Waals surface area contributed by atoms with E-state index in [0.29, 0.717) is 27.3 Å². The zero-order valence-electron chi connectivity index (χ0n) is 16.8. The average Bonchev–Trinajstić information content (AvgIpc) is 2.79. The first kappa shape index (κ1) is 21.7. The number of hydrogen-bond donors (Lipinski definition) is 2. The summed E-state index contributed by atoms with van der Waals surface area (Å²) in [5, 5.41) is 29.9. The highest BCUT2D eigenvalue weighted by atomic mass is 35.5. The molecule has 4 rings (SSSR count). The summed E-state index contributed by atoms with van der Waals surface area (Å²) in [6, 6.07) is 20.3. The molecule has 9 nitrogen and oxygen atoms in total. The summed E-state index contributed by atoms with van der Waals surface area (Å²) in [6.45, 7) is 0. The maximum atomic E-state index is 12.5. The van der Waals surface area contributed by atoms with Crippen molar-refractivity contribution >= 4 is 56.7 Å². The summed E-state index contributed by atoms with van der Waals surface area (Å²) in [6.07, 6.45) is 0. The van der Waals surface area contributed by atoms with Gasteiger partial charge in [-0.3, -0.25) is 25.0 Å². The average molecular weight is 463 g/mol. The first-order valence-electron chi connectivity index (χ1n) is 9.62. The number of amides is 1. The normalized spacial score (nSPS) is 10.6. The highest BCUT2D eigenvalue weighted by Gasteiger charge is 2.25. The lowest BCUT2D eigenvalue weighted by atomic mass is 10.0. The maximum absolute atomic E-state index is 12.5. The van der Waals surface area contributed by atoms with Gasteiger partial charge in [0.2, 0.25) is 0 Å². The number of fused-ring (bicyclic) bond motifs is 1. The number of anilines is 3.